The molecule has 3 rings (SSSR count). The van der Waals surface area contributed by atoms with E-state index in [0.29, 0.717) is 5.56 Å². The number of benzene rings is 2. The van der Waals surface area contributed by atoms with Crippen LogP contribution in [0.1, 0.15) is 48.5 Å². The van der Waals surface area contributed by atoms with Crippen molar-refractivity contribution < 1.29 is 22.3 Å². The summed E-state index contributed by atoms with van der Waals surface area (Å²) in [5, 5.41) is 2.63. The summed E-state index contributed by atoms with van der Waals surface area (Å²) in [7, 11) is -2.50. The lowest BCUT2D eigenvalue weighted by atomic mass is 9.87. The zero-order chi connectivity index (χ0) is 21.7. The largest absolute Gasteiger partial charge is 0.495 e. The van der Waals surface area contributed by atoms with Crippen molar-refractivity contribution in [3.63, 3.8) is 0 Å². The molecule has 2 aromatic rings. The van der Waals surface area contributed by atoms with Gasteiger partial charge in [0.25, 0.3) is 5.91 Å². The molecule has 0 radical (unpaired) electrons. The second-order valence-electron chi connectivity index (χ2n) is 7.63. The molecule has 1 aliphatic carbocycles. The van der Waals surface area contributed by atoms with Crippen LogP contribution in [0.3, 0.4) is 0 Å². The molecule has 2 atom stereocenters. The standard InChI is InChI=1S/C22H27FN2O4S/c1-15-7-3-6-10-19(15)25-30(27,28)21-13-16(11-12-20(21)29-2)22(26)24-14-17-8-4-5-9-18(17)23/h4-5,8-9,11-13,15,19,25H,3,6-7,10,14H2,1-2H3,(H,24,26)/t15-,19-/m1/s1. The molecule has 0 bridgehead atoms. The van der Waals surface area contributed by atoms with Crippen LogP contribution in [0.5, 0.6) is 5.75 Å². The van der Waals surface area contributed by atoms with Gasteiger partial charge in [-0.25, -0.2) is 17.5 Å². The van der Waals surface area contributed by atoms with Crippen LogP contribution in [-0.2, 0) is 16.6 Å². The molecular weight excluding hydrogens is 407 g/mol. The molecule has 1 saturated carbocycles. The molecule has 0 aliphatic heterocycles. The Labute approximate surface area is 176 Å². The van der Waals surface area contributed by atoms with E-state index in [1.54, 1.807) is 18.2 Å². The van der Waals surface area contributed by atoms with Gasteiger partial charge in [0.1, 0.15) is 16.5 Å². The zero-order valence-electron chi connectivity index (χ0n) is 17.2. The lowest BCUT2D eigenvalue weighted by molar-refractivity contribution is 0.0950. The molecule has 162 valence electrons. The second kappa shape index (κ2) is 9.57. The van der Waals surface area contributed by atoms with Gasteiger partial charge in [-0.1, -0.05) is 38.0 Å². The first-order chi connectivity index (χ1) is 14.3. The van der Waals surface area contributed by atoms with Crippen LogP contribution in [0.15, 0.2) is 47.4 Å². The topological polar surface area (TPSA) is 84.5 Å². The Morgan fingerprint density at radius 3 is 2.60 bits per heavy atom. The molecule has 0 spiro atoms. The minimum absolute atomic E-state index is 0.00252. The number of rotatable bonds is 7. The molecule has 0 aromatic heterocycles. The fourth-order valence-electron chi connectivity index (χ4n) is 3.70. The summed E-state index contributed by atoms with van der Waals surface area (Å²) in [4.78, 5) is 12.5. The maximum absolute atomic E-state index is 13.8. The van der Waals surface area contributed by atoms with Crippen molar-refractivity contribution in [1.82, 2.24) is 10.0 Å². The van der Waals surface area contributed by atoms with Crippen molar-refractivity contribution >= 4 is 15.9 Å². The van der Waals surface area contributed by atoms with Crippen LogP contribution in [0.4, 0.5) is 4.39 Å². The summed E-state index contributed by atoms with van der Waals surface area (Å²) in [6, 6.07) is 10.2. The first-order valence-corrected chi connectivity index (χ1v) is 11.5. The van der Waals surface area contributed by atoms with Gasteiger partial charge < -0.3 is 10.1 Å². The summed E-state index contributed by atoms with van der Waals surface area (Å²) in [5.41, 5.74) is 0.504. The van der Waals surface area contributed by atoms with Crippen molar-refractivity contribution in [2.75, 3.05) is 7.11 Å². The summed E-state index contributed by atoms with van der Waals surface area (Å²) in [5.74, 6) is -0.506. The Morgan fingerprint density at radius 2 is 1.90 bits per heavy atom. The van der Waals surface area contributed by atoms with Gasteiger partial charge >= 0.3 is 0 Å². The van der Waals surface area contributed by atoms with Gasteiger partial charge in [-0.05, 0) is 43.0 Å². The molecular formula is C22H27FN2O4S. The monoisotopic (exact) mass is 434 g/mol. The van der Waals surface area contributed by atoms with E-state index in [1.807, 2.05) is 6.92 Å². The van der Waals surface area contributed by atoms with Crippen molar-refractivity contribution in [2.45, 2.75) is 50.1 Å². The minimum Gasteiger partial charge on any atom is -0.495 e. The highest BCUT2D eigenvalue weighted by Gasteiger charge is 2.29. The van der Waals surface area contributed by atoms with Crippen molar-refractivity contribution in [1.29, 1.82) is 0 Å². The minimum atomic E-state index is -3.88. The maximum atomic E-state index is 13.8. The van der Waals surface area contributed by atoms with Crippen LogP contribution < -0.4 is 14.8 Å². The zero-order valence-corrected chi connectivity index (χ0v) is 18.0. The number of hydrogen-bond acceptors (Lipinski definition) is 4. The average Bonchev–Trinajstić information content (AvgIpc) is 2.74. The van der Waals surface area contributed by atoms with Crippen LogP contribution >= 0.6 is 0 Å². The number of carbonyl (C=O) groups excluding carboxylic acids is 1. The van der Waals surface area contributed by atoms with Gasteiger partial charge in [-0.2, -0.15) is 0 Å². The molecule has 0 heterocycles. The quantitative estimate of drug-likeness (QED) is 0.697. The lowest BCUT2D eigenvalue weighted by Gasteiger charge is -2.29. The normalized spacial score (nSPS) is 19.3. The van der Waals surface area contributed by atoms with Crippen molar-refractivity contribution in [2.24, 2.45) is 5.92 Å². The highest BCUT2D eigenvalue weighted by Crippen LogP contribution is 2.29. The molecule has 0 unspecified atom stereocenters. The van der Waals surface area contributed by atoms with E-state index in [2.05, 4.69) is 10.0 Å². The van der Waals surface area contributed by atoms with E-state index >= 15 is 0 Å². The van der Waals surface area contributed by atoms with Crippen LogP contribution in [0.25, 0.3) is 0 Å². The fourth-order valence-corrected chi connectivity index (χ4v) is 5.28. The summed E-state index contributed by atoms with van der Waals surface area (Å²) < 4.78 is 47.9. The number of amides is 1. The van der Waals surface area contributed by atoms with Gasteiger partial charge in [0, 0.05) is 23.7 Å². The molecule has 2 N–H and O–H groups in total. The number of methoxy groups -OCH3 is 1. The van der Waals surface area contributed by atoms with Crippen LogP contribution in [-0.4, -0.2) is 27.5 Å². The molecule has 2 aromatic carbocycles. The Kier molecular flexibility index (Phi) is 7.10. The molecule has 30 heavy (non-hydrogen) atoms. The second-order valence-corrected chi connectivity index (χ2v) is 9.31. The van der Waals surface area contributed by atoms with E-state index in [-0.39, 0.29) is 34.7 Å². The van der Waals surface area contributed by atoms with Gasteiger partial charge in [-0.15, -0.1) is 0 Å². The molecule has 6 nitrogen and oxygen atoms in total. The molecule has 1 fully saturated rings. The molecule has 1 amide bonds. The van der Waals surface area contributed by atoms with Gasteiger partial charge in [-0.3, -0.25) is 4.79 Å². The van der Waals surface area contributed by atoms with E-state index < -0.39 is 21.7 Å². The van der Waals surface area contributed by atoms with Crippen molar-refractivity contribution in [3.05, 3.63) is 59.4 Å². The first-order valence-electron chi connectivity index (χ1n) is 10.0. The van der Waals surface area contributed by atoms with E-state index in [0.717, 1.165) is 25.7 Å². The number of hydrogen-bond donors (Lipinski definition) is 2. The summed E-state index contributed by atoms with van der Waals surface area (Å²) in [6.45, 7) is 2.04. The Morgan fingerprint density at radius 1 is 1.17 bits per heavy atom. The highest BCUT2D eigenvalue weighted by atomic mass is 32.2. The third-order valence-corrected chi connectivity index (χ3v) is 7.04. The van der Waals surface area contributed by atoms with Crippen LogP contribution in [0.2, 0.25) is 0 Å². The van der Waals surface area contributed by atoms with E-state index in [1.165, 1.54) is 31.4 Å². The summed E-state index contributed by atoms with van der Waals surface area (Å²) >= 11 is 0. The predicted molar refractivity (Wildman–Crippen MR) is 112 cm³/mol. The number of sulfonamides is 1. The molecule has 1 aliphatic rings. The number of halogens is 1. The average molecular weight is 435 g/mol. The number of ether oxygens (including phenoxy) is 1. The lowest BCUT2D eigenvalue weighted by Crippen LogP contribution is -2.41. The Balaban J connectivity index is 1.80. The van der Waals surface area contributed by atoms with E-state index in [4.69, 9.17) is 4.74 Å². The third kappa shape index (κ3) is 5.17. The highest BCUT2D eigenvalue weighted by molar-refractivity contribution is 7.89. The van der Waals surface area contributed by atoms with E-state index in [9.17, 15) is 17.6 Å². The SMILES string of the molecule is COc1ccc(C(=O)NCc2ccccc2F)cc1S(=O)(=O)N[C@@H]1CCCC[C@H]1C. The fraction of sp³-hybridized carbons (Fsp3) is 0.409. The van der Waals surface area contributed by atoms with Gasteiger partial charge in [0.15, 0.2) is 0 Å². The first kappa shape index (κ1) is 22.2. The summed E-state index contributed by atoms with van der Waals surface area (Å²) in [6.07, 6.45) is 3.84. The number of nitrogens with one attached hydrogen (secondary N) is 2. The van der Waals surface area contributed by atoms with Gasteiger partial charge in [0.2, 0.25) is 10.0 Å². The third-order valence-electron chi connectivity index (χ3n) is 5.53. The molecule has 0 saturated heterocycles. The predicted octanol–water partition coefficient (Wildman–Crippen LogP) is 3.62. The van der Waals surface area contributed by atoms with Crippen molar-refractivity contribution in [3.8, 4) is 5.75 Å². The maximum Gasteiger partial charge on any atom is 0.251 e. The van der Waals surface area contributed by atoms with Gasteiger partial charge in [0.05, 0.1) is 7.11 Å². The Hall–Kier alpha value is -2.45. The smallest absolute Gasteiger partial charge is 0.251 e. The molecule has 8 heteroatoms. The van der Waals surface area contributed by atoms with Crippen LogP contribution in [0, 0.1) is 11.7 Å². The Bertz CT molecular complexity index is 1010. The number of carbonyl (C=O) groups is 1.